The molecule has 0 spiro atoms. The lowest BCUT2D eigenvalue weighted by atomic mass is 9.86. The molecule has 19 heavy (non-hydrogen) atoms. The predicted molar refractivity (Wildman–Crippen MR) is 78.8 cm³/mol. The Morgan fingerprint density at radius 1 is 1.21 bits per heavy atom. The summed E-state index contributed by atoms with van der Waals surface area (Å²) in [7, 11) is 0. The van der Waals surface area contributed by atoms with Crippen molar-refractivity contribution < 1.29 is 4.39 Å². The van der Waals surface area contributed by atoms with Crippen LogP contribution >= 0.6 is 0 Å². The largest absolute Gasteiger partial charge is 0.371 e. The van der Waals surface area contributed by atoms with Gasteiger partial charge in [-0.3, -0.25) is 0 Å². The van der Waals surface area contributed by atoms with Crippen LogP contribution in [0.15, 0.2) is 18.2 Å². The van der Waals surface area contributed by atoms with E-state index in [9.17, 15) is 4.39 Å². The zero-order valence-corrected chi connectivity index (χ0v) is 12.2. The van der Waals surface area contributed by atoms with Gasteiger partial charge in [-0.05, 0) is 43.7 Å². The fourth-order valence-corrected chi connectivity index (χ4v) is 3.06. The molecule has 0 radical (unpaired) electrons. The highest BCUT2D eigenvalue weighted by Gasteiger charge is 2.24. The third-order valence-corrected chi connectivity index (χ3v) is 4.31. The third kappa shape index (κ3) is 3.08. The molecule has 0 bridgehead atoms. The molecule has 3 heteroatoms. The molecule has 0 aromatic heterocycles. The smallest absolute Gasteiger partial charge is 0.130 e. The van der Waals surface area contributed by atoms with Gasteiger partial charge in [0.25, 0.3) is 0 Å². The Morgan fingerprint density at radius 3 is 2.37 bits per heavy atom. The number of nitrogens with zero attached hydrogens (tertiary/aromatic N) is 1. The van der Waals surface area contributed by atoms with Crippen molar-refractivity contribution >= 4 is 5.69 Å². The van der Waals surface area contributed by atoms with Crippen molar-refractivity contribution in [2.75, 3.05) is 18.0 Å². The summed E-state index contributed by atoms with van der Waals surface area (Å²) >= 11 is 0. The molecule has 0 aliphatic carbocycles. The molecule has 1 aliphatic rings. The third-order valence-electron chi connectivity index (χ3n) is 4.31. The molecule has 1 aromatic carbocycles. The van der Waals surface area contributed by atoms with Gasteiger partial charge in [-0.15, -0.1) is 0 Å². The van der Waals surface area contributed by atoms with E-state index in [1.165, 1.54) is 18.9 Å². The molecule has 2 rings (SSSR count). The van der Waals surface area contributed by atoms with Gasteiger partial charge in [0, 0.05) is 30.4 Å². The van der Waals surface area contributed by atoms with Gasteiger partial charge in [0.05, 0.1) is 0 Å². The number of rotatable bonds is 3. The van der Waals surface area contributed by atoms with Crippen LogP contribution in [0, 0.1) is 17.7 Å². The summed E-state index contributed by atoms with van der Waals surface area (Å²) in [5.74, 6) is 1.35. The summed E-state index contributed by atoms with van der Waals surface area (Å²) in [6.07, 6.45) is 2.37. The second kappa shape index (κ2) is 5.91. The fourth-order valence-electron chi connectivity index (χ4n) is 3.06. The first-order chi connectivity index (χ1) is 9.00. The molecule has 2 nitrogen and oxygen atoms in total. The highest BCUT2D eigenvalue weighted by atomic mass is 19.1. The van der Waals surface area contributed by atoms with Crippen molar-refractivity contribution in [3.63, 3.8) is 0 Å². The first kappa shape index (κ1) is 14.3. The molecule has 1 atom stereocenters. The highest BCUT2D eigenvalue weighted by Crippen LogP contribution is 2.32. The quantitative estimate of drug-likeness (QED) is 0.901. The minimum atomic E-state index is -0.265. The van der Waals surface area contributed by atoms with E-state index in [1.54, 1.807) is 6.07 Å². The predicted octanol–water partition coefficient (Wildman–Crippen LogP) is 3.72. The van der Waals surface area contributed by atoms with E-state index in [4.69, 9.17) is 5.73 Å². The van der Waals surface area contributed by atoms with Gasteiger partial charge in [0.2, 0.25) is 0 Å². The maximum Gasteiger partial charge on any atom is 0.130 e. The minimum Gasteiger partial charge on any atom is -0.371 e. The van der Waals surface area contributed by atoms with Gasteiger partial charge in [-0.2, -0.15) is 0 Å². The Morgan fingerprint density at radius 2 is 1.84 bits per heavy atom. The van der Waals surface area contributed by atoms with Gasteiger partial charge >= 0.3 is 0 Å². The Labute approximate surface area is 115 Å². The number of hydrogen-bond donors (Lipinski definition) is 1. The van der Waals surface area contributed by atoms with Crippen LogP contribution in [0.4, 0.5) is 10.1 Å². The normalized spacial score (nSPS) is 18.9. The van der Waals surface area contributed by atoms with E-state index in [1.807, 2.05) is 13.0 Å². The van der Waals surface area contributed by atoms with Gasteiger partial charge < -0.3 is 10.6 Å². The van der Waals surface area contributed by atoms with Crippen LogP contribution in [-0.4, -0.2) is 13.1 Å². The molecule has 0 amide bonds. The standard InChI is InChI=1S/C16H25FN2/c1-11(2)13-7-9-19(10-8-13)15-6-4-5-14(17)16(15)12(3)18/h4-6,11-13H,7-10,18H2,1-3H3. The Hall–Kier alpha value is -1.09. The van der Waals surface area contributed by atoms with Gasteiger partial charge in [-0.1, -0.05) is 19.9 Å². The van der Waals surface area contributed by atoms with Gasteiger partial charge in [0.15, 0.2) is 0 Å². The number of halogens is 1. The van der Waals surface area contributed by atoms with Crippen molar-refractivity contribution in [2.45, 2.75) is 39.7 Å². The van der Waals surface area contributed by atoms with Crippen molar-refractivity contribution in [3.05, 3.63) is 29.6 Å². The summed E-state index contributed by atoms with van der Waals surface area (Å²) in [4.78, 5) is 2.29. The zero-order valence-electron chi connectivity index (χ0n) is 12.2. The van der Waals surface area contributed by atoms with E-state index >= 15 is 0 Å². The van der Waals surface area contributed by atoms with Crippen LogP contribution in [0.3, 0.4) is 0 Å². The van der Waals surface area contributed by atoms with Gasteiger partial charge in [-0.25, -0.2) is 4.39 Å². The van der Waals surface area contributed by atoms with Crippen LogP contribution in [0.5, 0.6) is 0 Å². The van der Waals surface area contributed by atoms with Crippen LogP contribution in [-0.2, 0) is 0 Å². The maximum absolute atomic E-state index is 14.0. The second-order valence-corrected chi connectivity index (χ2v) is 6.03. The topological polar surface area (TPSA) is 29.3 Å². The monoisotopic (exact) mass is 264 g/mol. The number of benzene rings is 1. The lowest BCUT2D eigenvalue weighted by molar-refractivity contribution is 0.311. The second-order valence-electron chi connectivity index (χ2n) is 6.03. The molecule has 1 fully saturated rings. The van der Waals surface area contributed by atoms with Crippen molar-refractivity contribution in [1.82, 2.24) is 0 Å². The minimum absolute atomic E-state index is 0.182. The van der Waals surface area contributed by atoms with E-state index < -0.39 is 0 Å². The van der Waals surface area contributed by atoms with Crippen LogP contribution < -0.4 is 10.6 Å². The van der Waals surface area contributed by atoms with Crippen molar-refractivity contribution in [2.24, 2.45) is 17.6 Å². The molecule has 1 aromatic rings. The summed E-state index contributed by atoms with van der Waals surface area (Å²) in [5.41, 5.74) is 7.57. The SMILES string of the molecule is CC(N)c1c(F)cccc1N1CCC(C(C)C)CC1. The molecule has 106 valence electrons. The maximum atomic E-state index is 14.0. The summed E-state index contributed by atoms with van der Waals surface area (Å²) in [5, 5.41) is 0. The molecule has 1 heterocycles. The summed E-state index contributed by atoms with van der Waals surface area (Å²) < 4.78 is 14.0. The Bertz CT molecular complexity index is 421. The summed E-state index contributed by atoms with van der Waals surface area (Å²) in [6.45, 7) is 8.44. The lowest BCUT2D eigenvalue weighted by Gasteiger charge is -2.36. The number of anilines is 1. The zero-order chi connectivity index (χ0) is 14.0. The fraction of sp³-hybridized carbons (Fsp3) is 0.625. The molecular weight excluding hydrogens is 239 g/mol. The first-order valence-electron chi connectivity index (χ1n) is 7.29. The van der Waals surface area contributed by atoms with Crippen LogP contribution in [0.1, 0.15) is 45.2 Å². The molecule has 1 aliphatic heterocycles. The molecule has 0 saturated carbocycles. The van der Waals surface area contributed by atoms with Crippen LogP contribution in [0.2, 0.25) is 0 Å². The van der Waals surface area contributed by atoms with Gasteiger partial charge in [0.1, 0.15) is 5.82 Å². The van der Waals surface area contributed by atoms with Crippen molar-refractivity contribution in [1.29, 1.82) is 0 Å². The Kier molecular flexibility index (Phi) is 4.46. The average Bonchev–Trinajstić information content (AvgIpc) is 2.38. The molecule has 1 saturated heterocycles. The van der Waals surface area contributed by atoms with E-state index in [-0.39, 0.29) is 11.9 Å². The van der Waals surface area contributed by atoms with E-state index in [0.29, 0.717) is 5.56 Å². The van der Waals surface area contributed by atoms with E-state index in [2.05, 4.69) is 18.7 Å². The van der Waals surface area contributed by atoms with Crippen molar-refractivity contribution in [3.8, 4) is 0 Å². The molecular formula is C16H25FN2. The summed E-state index contributed by atoms with van der Waals surface area (Å²) in [6, 6.07) is 5.02. The molecule has 2 N–H and O–H groups in total. The Balaban J connectivity index is 2.18. The lowest BCUT2D eigenvalue weighted by Crippen LogP contribution is -2.36. The van der Waals surface area contributed by atoms with E-state index in [0.717, 1.165) is 30.6 Å². The number of hydrogen-bond acceptors (Lipinski definition) is 2. The average molecular weight is 264 g/mol. The van der Waals surface area contributed by atoms with Crippen LogP contribution in [0.25, 0.3) is 0 Å². The number of nitrogens with two attached hydrogens (primary N) is 1. The number of piperidine rings is 1. The first-order valence-corrected chi connectivity index (χ1v) is 7.29. The highest BCUT2D eigenvalue weighted by molar-refractivity contribution is 5.55. The molecule has 1 unspecified atom stereocenters.